The molecule has 2 aromatic rings. The molecule has 0 saturated carbocycles. The van der Waals surface area contributed by atoms with E-state index in [1.54, 1.807) is 4.90 Å². The maximum absolute atomic E-state index is 12.8. The van der Waals surface area contributed by atoms with Crippen LogP contribution in [0.1, 0.15) is 36.3 Å². The molecule has 2 amide bonds. The summed E-state index contributed by atoms with van der Waals surface area (Å²) in [6.07, 6.45) is 4.48. The van der Waals surface area contributed by atoms with Crippen molar-refractivity contribution in [1.29, 1.82) is 0 Å². The van der Waals surface area contributed by atoms with Crippen molar-refractivity contribution >= 4 is 18.0 Å². The summed E-state index contributed by atoms with van der Waals surface area (Å²) in [5.41, 5.74) is 4.68. The number of amides is 2. The number of rotatable bonds is 6. The number of benzene rings is 2. The van der Waals surface area contributed by atoms with Gasteiger partial charge in [0.25, 0.3) is 0 Å². The van der Waals surface area contributed by atoms with Crippen molar-refractivity contribution in [1.82, 2.24) is 10.2 Å². The first-order valence-electron chi connectivity index (χ1n) is 11.8. The predicted octanol–water partition coefficient (Wildman–Crippen LogP) is 3.79. The third kappa shape index (κ3) is 4.42. The monoisotopic (exact) mass is 460 g/mol. The lowest BCUT2D eigenvalue weighted by Gasteiger charge is -2.21. The van der Waals surface area contributed by atoms with Gasteiger partial charge in [-0.05, 0) is 41.0 Å². The maximum atomic E-state index is 12.8. The van der Waals surface area contributed by atoms with Gasteiger partial charge >= 0.3 is 12.1 Å². The number of carboxylic acids is 1. The molecule has 7 heteroatoms. The summed E-state index contributed by atoms with van der Waals surface area (Å²) < 4.78 is 5.61. The van der Waals surface area contributed by atoms with Gasteiger partial charge in [-0.25, -0.2) is 4.79 Å². The Morgan fingerprint density at radius 1 is 1.00 bits per heavy atom. The van der Waals surface area contributed by atoms with Crippen LogP contribution < -0.4 is 5.32 Å². The highest BCUT2D eigenvalue weighted by atomic mass is 16.5. The molecule has 2 aromatic carbocycles. The molecule has 1 heterocycles. The highest BCUT2D eigenvalue weighted by molar-refractivity contribution is 5.82. The molecule has 3 atom stereocenters. The van der Waals surface area contributed by atoms with Crippen LogP contribution in [0.2, 0.25) is 0 Å². The molecule has 0 spiro atoms. The van der Waals surface area contributed by atoms with Crippen LogP contribution in [0.5, 0.6) is 0 Å². The number of nitrogens with zero attached hydrogens (tertiary/aromatic N) is 1. The third-order valence-electron chi connectivity index (χ3n) is 7.11. The second-order valence-corrected chi connectivity index (χ2v) is 9.34. The van der Waals surface area contributed by atoms with E-state index in [1.807, 2.05) is 36.4 Å². The largest absolute Gasteiger partial charge is 0.481 e. The van der Waals surface area contributed by atoms with E-state index in [2.05, 4.69) is 29.6 Å². The molecule has 3 unspecified atom stereocenters. The highest BCUT2D eigenvalue weighted by Gasteiger charge is 2.34. The number of carbonyl (C=O) groups is 3. The number of ether oxygens (including phenoxy) is 1. The molecule has 5 rings (SSSR count). The van der Waals surface area contributed by atoms with Crippen LogP contribution in [0, 0.1) is 11.8 Å². The lowest BCUT2D eigenvalue weighted by atomic mass is 9.98. The number of likely N-dealkylation sites (tertiary alicyclic amines) is 1. The Morgan fingerprint density at radius 3 is 2.35 bits per heavy atom. The summed E-state index contributed by atoms with van der Waals surface area (Å²) in [6, 6.07) is 16.1. The third-order valence-corrected chi connectivity index (χ3v) is 7.11. The van der Waals surface area contributed by atoms with Gasteiger partial charge in [0.15, 0.2) is 0 Å². The summed E-state index contributed by atoms with van der Waals surface area (Å²) in [4.78, 5) is 38.0. The van der Waals surface area contributed by atoms with Crippen LogP contribution in [0.4, 0.5) is 4.79 Å². The van der Waals surface area contributed by atoms with Crippen LogP contribution in [0.3, 0.4) is 0 Å². The number of alkyl carbamates (subject to hydrolysis) is 1. The normalized spacial score (nSPS) is 22.9. The van der Waals surface area contributed by atoms with Gasteiger partial charge in [0.05, 0.1) is 12.0 Å². The summed E-state index contributed by atoms with van der Waals surface area (Å²) in [5, 5.41) is 11.8. The Bertz CT molecular complexity index is 1100. The number of hydrogen-bond acceptors (Lipinski definition) is 4. The highest BCUT2D eigenvalue weighted by Crippen LogP contribution is 2.44. The van der Waals surface area contributed by atoms with Crippen LogP contribution in [-0.4, -0.2) is 53.7 Å². The molecule has 3 aliphatic rings. The molecule has 1 aliphatic heterocycles. The number of hydrogen-bond donors (Lipinski definition) is 2. The van der Waals surface area contributed by atoms with E-state index in [-0.39, 0.29) is 42.7 Å². The average molecular weight is 461 g/mol. The summed E-state index contributed by atoms with van der Waals surface area (Å²) in [6.45, 7) is 1.32. The van der Waals surface area contributed by atoms with Crippen molar-refractivity contribution in [3.63, 3.8) is 0 Å². The number of fused-ring (bicyclic) bond motifs is 3. The van der Waals surface area contributed by atoms with Gasteiger partial charge in [-0.2, -0.15) is 0 Å². The molecule has 0 bridgehead atoms. The molecule has 34 heavy (non-hydrogen) atoms. The first kappa shape index (κ1) is 22.2. The average Bonchev–Trinajstić information content (AvgIpc) is 3.55. The Morgan fingerprint density at radius 2 is 1.68 bits per heavy atom. The molecule has 2 aliphatic carbocycles. The quantitative estimate of drug-likeness (QED) is 0.640. The molecular weight excluding hydrogens is 432 g/mol. The summed E-state index contributed by atoms with van der Waals surface area (Å²) >= 11 is 0. The maximum Gasteiger partial charge on any atom is 0.407 e. The molecule has 0 aromatic heterocycles. The van der Waals surface area contributed by atoms with Gasteiger partial charge < -0.3 is 20.1 Å². The van der Waals surface area contributed by atoms with Gasteiger partial charge in [0.1, 0.15) is 6.61 Å². The van der Waals surface area contributed by atoms with Crippen molar-refractivity contribution < 1.29 is 24.2 Å². The zero-order chi connectivity index (χ0) is 23.7. The van der Waals surface area contributed by atoms with Crippen molar-refractivity contribution in [2.45, 2.75) is 31.2 Å². The van der Waals surface area contributed by atoms with Gasteiger partial charge in [-0.15, -0.1) is 0 Å². The second kappa shape index (κ2) is 9.33. The Balaban J connectivity index is 1.13. The fraction of sp³-hybridized carbons (Fsp3) is 0.370. The zero-order valence-corrected chi connectivity index (χ0v) is 18.9. The zero-order valence-electron chi connectivity index (χ0n) is 18.9. The topological polar surface area (TPSA) is 95.9 Å². The summed E-state index contributed by atoms with van der Waals surface area (Å²) in [5.74, 6) is -1.11. The first-order valence-corrected chi connectivity index (χ1v) is 11.8. The van der Waals surface area contributed by atoms with Crippen molar-refractivity contribution in [3.05, 3.63) is 71.8 Å². The van der Waals surface area contributed by atoms with E-state index in [0.29, 0.717) is 19.5 Å². The Labute approximate surface area is 198 Å². The van der Waals surface area contributed by atoms with E-state index in [0.717, 1.165) is 17.5 Å². The van der Waals surface area contributed by atoms with Gasteiger partial charge in [-0.3, -0.25) is 9.59 Å². The lowest BCUT2D eigenvalue weighted by Crippen LogP contribution is -2.37. The minimum Gasteiger partial charge on any atom is -0.481 e. The molecule has 1 fully saturated rings. The van der Waals surface area contributed by atoms with E-state index < -0.39 is 12.1 Å². The minimum absolute atomic E-state index is 0.000473. The lowest BCUT2D eigenvalue weighted by molar-refractivity contribution is -0.138. The minimum atomic E-state index is -0.826. The van der Waals surface area contributed by atoms with Crippen LogP contribution in [0.15, 0.2) is 60.7 Å². The Hall–Kier alpha value is -3.61. The van der Waals surface area contributed by atoms with Crippen LogP contribution >= 0.6 is 0 Å². The van der Waals surface area contributed by atoms with E-state index in [4.69, 9.17) is 9.84 Å². The number of aliphatic carboxylic acids is 1. The Kier molecular flexibility index (Phi) is 6.09. The smallest absolute Gasteiger partial charge is 0.407 e. The van der Waals surface area contributed by atoms with Gasteiger partial charge in [0.2, 0.25) is 5.91 Å². The van der Waals surface area contributed by atoms with Gasteiger partial charge in [0, 0.05) is 25.4 Å². The second-order valence-electron chi connectivity index (χ2n) is 9.34. The predicted molar refractivity (Wildman–Crippen MR) is 126 cm³/mol. The van der Waals surface area contributed by atoms with Gasteiger partial charge in [-0.1, -0.05) is 60.7 Å². The number of carboxylic acid groups (broad SMARTS) is 1. The number of nitrogens with one attached hydrogen (secondary N) is 1. The first-order chi connectivity index (χ1) is 16.5. The van der Waals surface area contributed by atoms with E-state index in [1.165, 1.54) is 11.1 Å². The van der Waals surface area contributed by atoms with Crippen molar-refractivity contribution in [2.75, 3.05) is 19.7 Å². The van der Waals surface area contributed by atoms with Crippen LogP contribution in [-0.2, 0) is 14.3 Å². The standard InChI is InChI=1S/C27H28N2O5/c30-25(31)13-17-11-12-29(15-17)26(32)18-9-10-19(14-18)28-27(33)34-16-24-22-7-3-1-5-20(22)21-6-2-4-8-23(21)24/h1-10,17-19,24H,11-16H2,(H,28,33)(H,30,31). The molecular formula is C27H28N2O5. The van der Waals surface area contributed by atoms with E-state index >= 15 is 0 Å². The number of carbonyl (C=O) groups excluding carboxylic acids is 2. The molecule has 176 valence electrons. The van der Waals surface area contributed by atoms with Crippen molar-refractivity contribution in [2.24, 2.45) is 11.8 Å². The fourth-order valence-corrected chi connectivity index (χ4v) is 5.46. The molecule has 1 saturated heterocycles. The van der Waals surface area contributed by atoms with Crippen molar-refractivity contribution in [3.8, 4) is 11.1 Å². The molecule has 7 nitrogen and oxygen atoms in total. The van der Waals surface area contributed by atoms with Crippen LogP contribution in [0.25, 0.3) is 11.1 Å². The van der Waals surface area contributed by atoms with E-state index in [9.17, 15) is 14.4 Å². The fourth-order valence-electron chi connectivity index (χ4n) is 5.46. The summed E-state index contributed by atoms with van der Waals surface area (Å²) in [7, 11) is 0. The SMILES string of the molecule is O=C(O)CC1CCN(C(=O)C2C=CC(NC(=O)OCC3c4ccccc4-c4ccccc43)C2)C1. The molecule has 0 radical (unpaired) electrons. The molecule has 2 N–H and O–H groups in total.